The van der Waals surface area contributed by atoms with Gasteiger partial charge in [-0.1, -0.05) is 12.1 Å². The molecule has 2 aromatic carbocycles. The smallest absolute Gasteiger partial charge is 0.211 e. The fourth-order valence-electron chi connectivity index (χ4n) is 5.55. The molecule has 1 N–H and O–H groups in total. The van der Waals surface area contributed by atoms with Crippen LogP contribution in [0.3, 0.4) is 0 Å². The van der Waals surface area contributed by atoms with E-state index in [0.29, 0.717) is 30.4 Å². The second kappa shape index (κ2) is 9.24. The van der Waals surface area contributed by atoms with Crippen molar-refractivity contribution in [1.29, 1.82) is 0 Å². The molecule has 168 valence electrons. The molecule has 1 saturated heterocycles. The maximum atomic E-state index is 13.5. The van der Waals surface area contributed by atoms with Crippen molar-refractivity contribution in [2.24, 2.45) is 0 Å². The number of ketones is 1. The zero-order chi connectivity index (χ0) is 22.1. The molecule has 1 unspecified atom stereocenters. The van der Waals surface area contributed by atoms with E-state index in [0.717, 1.165) is 39.0 Å². The maximum absolute atomic E-state index is 13.5. The third-order valence-electron chi connectivity index (χ3n) is 6.95. The molecule has 1 amide bonds. The SMILES string of the molecule is O=CNc1cc(F)ccc1C(=O)CCCN1CC[C@H]2C(C1)c1cccc3c1N2CCCS3. The lowest BCUT2D eigenvalue weighted by molar-refractivity contribution is -0.105. The summed E-state index contributed by atoms with van der Waals surface area (Å²) in [5, 5.41) is 2.44. The van der Waals surface area contributed by atoms with Crippen molar-refractivity contribution >= 4 is 35.3 Å². The minimum absolute atomic E-state index is 0.0644. The third-order valence-corrected chi connectivity index (χ3v) is 8.09. The number of piperidine rings is 1. The van der Waals surface area contributed by atoms with Gasteiger partial charge in [-0.3, -0.25) is 9.59 Å². The first-order chi connectivity index (χ1) is 15.7. The second-order valence-electron chi connectivity index (χ2n) is 8.83. The van der Waals surface area contributed by atoms with E-state index in [1.807, 2.05) is 11.8 Å². The van der Waals surface area contributed by atoms with Gasteiger partial charge in [0.15, 0.2) is 5.78 Å². The van der Waals surface area contributed by atoms with Crippen molar-refractivity contribution in [3.8, 4) is 0 Å². The largest absolute Gasteiger partial charge is 0.367 e. The first-order valence-corrected chi connectivity index (χ1v) is 12.4. The number of carbonyl (C=O) groups is 2. The van der Waals surface area contributed by atoms with Gasteiger partial charge in [-0.2, -0.15) is 0 Å². The van der Waals surface area contributed by atoms with E-state index in [1.54, 1.807) is 0 Å². The third kappa shape index (κ3) is 4.04. The van der Waals surface area contributed by atoms with E-state index in [2.05, 4.69) is 33.3 Å². The van der Waals surface area contributed by atoms with Gasteiger partial charge >= 0.3 is 0 Å². The van der Waals surface area contributed by atoms with Gasteiger partial charge in [-0.05, 0) is 61.4 Å². The topological polar surface area (TPSA) is 52.7 Å². The van der Waals surface area contributed by atoms with E-state index in [9.17, 15) is 14.0 Å². The molecule has 0 aliphatic carbocycles. The van der Waals surface area contributed by atoms with Gasteiger partial charge < -0.3 is 15.1 Å². The minimum atomic E-state index is -0.471. The Bertz CT molecular complexity index is 1030. The highest BCUT2D eigenvalue weighted by Gasteiger charge is 2.43. The number of fused-ring (bicyclic) bond motifs is 3. The van der Waals surface area contributed by atoms with Gasteiger partial charge in [-0.15, -0.1) is 11.8 Å². The Labute approximate surface area is 192 Å². The van der Waals surface area contributed by atoms with E-state index in [-0.39, 0.29) is 11.5 Å². The molecule has 0 saturated carbocycles. The molecule has 5 nitrogen and oxygen atoms in total. The second-order valence-corrected chi connectivity index (χ2v) is 9.97. The van der Waals surface area contributed by atoms with Gasteiger partial charge in [-0.25, -0.2) is 4.39 Å². The number of nitrogens with one attached hydrogen (secondary N) is 1. The Morgan fingerprint density at radius 2 is 2.16 bits per heavy atom. The highest BCUT2D eigenvalue weighted by molar-refractivity contribution is 7.99. The van der Waals surface area contributed by atoms with Crippen LogP contribution < -0.4 is 10.2 Å². The molecular formula is C25H28FN3O2S. The van der Waals surface area contributed by atoms with Crippen LogP contribution in [0.5, 0.6) is 0 Å². The van der Waals surface area contributed by atoms with Crippen molar-refractivity contribution in [2.45, 2.75) is 42.5 Å². The summed E-state index contributed by atoms with van der Waals surface area (Å²) in [6.07, 6.45) is 4.00. The Morgan fingerprint density at radius 3 is 3.03 bits per heavy atom. The van der Waals surface area contributed by atoms with Gasteiger partial charge in [0.05, 0.1) is 11.4 Å². The Hall–Kier alpha value is -2.38. The van der Waals surface area contributed by atoms with E-state index >= 15 is 0 Å². The molecule has 3 aliphatic rings. The number of benzene rings is 2. The Morgan fingerprint density at radius 1 is 1.25 bits per heavy atom. The fourth-order valence-corrected chi connectivity index (χ4v) is 6.59. The van der Waals surface area contributed by atoms with Crippen LogP contribution in [0.15, 0.2) is 41.3 Å². The molecule has 5 rings (SSSR count). The van der Waals surface area contributed by atoms with Gasteiger partial charge in [0.2, 0.25) is 6.41 Å². The average Bonchev–Trinajstić information content (AvgIpc) is 2.95. The number of nitrogens with zero attached hydrogens (tertiary/aromatic N) is 2. The highest BCUT2D eigenvalue weighted by Crippen LogP contribution is 2.50. The molecule has 0 spiro atoms. The number of rotatable bonds is 7. The number of likely N-dealkylation sites (tertiary alicyclic amines) is 1. The fraction of sp³-hybridized carbons (Fsp3) is 0.440. The summed E-state index contributed by atoms with van der Waals surface area (Å²) in [5.74, 6) is 1.20. The summed E-state index contributed by atoms with van der Waals surface area (Å²) in [7, 11) is 0. The molecular weight excluding hydrogens is 425 g/mol. The number of para-hydroxylation sites is 1. The number of carbonyl (C=O) groups excluding carboxylic acids is 2. The zero-order valence-corrected chi connectivity index (χ0v) is 18.9. The zero-order valence-electron chi connectivity index (χ0n) is 18.1. The van der Waals surface area contributed by atoms with Crippen molar-refractivity contribution in [1.82, 2.24) is 4.90 Å². The number of hydrogen-bond acceptors (Lipinski definition) is 5. The van der Waals surface area contributed by atoms with Gasteiger partial charge in [0.1, 0.15) is 5.82 Å². The van der Waals surface area contributed by atoms with Crippen molar-refractivity contribution in [3.63, 3.8) is 0 Å². The monoisotopic (exact) mass is 453 g/mol. The van der Waals surface area contributed by atoms with E-state index in [4.69, 9.17) is 0 Å². The summed E-state index contributed by atoms with van der Waals surface area (Å²) in [6.45, 7) is 4.11. The summed E-state index contributed by atoms with van der Waals surface area (Å²) < 4.78 is 13.5. The predicted molar refractivity (Wildman–Crippen MR) is 126 cm³/mol. The lowest BCUT2D eigenvalue weighted by Crippen LogP contribution is -2.46. The van der Waals surface area contributed by atoms with Crippen LogP contribution in [0.4, 0.5) is 15.8 Å². The molecule has 7 heteroatoms. The summed E-state index contributed by atoms with van der Waals surface area (Å²) in [4.78, 5) is 30.1. The van der Waals surface area contributed by atoms with Crippen molar-refractivity contribution in [2.75, 3.05) is 42.1 Å². The maximum Gasteiger partial charge on any atom is 0.211 e. The first kappa shape index (κ1) is 21.5. The summed E-state index contributed by atoms with van der Waals surface area (Å²) in [6, 6.07) is 11.3. The average molecular weight is 454 g/mol. The number of hydrogen-bond donors (Lipinski definition) is 1. The van der Waals surface area contributed by atoms with Crippen LogP contribution >= 0.6 is 11.8 Å². The quantitative estimate of drug-likeness (QED) is 0.493. The van der Waals surface area contributed by atoms with Gasteiger partial charge in [0, 0.05) is 48.5 Å². The molecule has 3 aliphatic heterocycles. The van der Waals surface area contributed by atoms with Crippen LogP contribution in [0.2, 0.25) is 0 Å². The number of Topliss-reactive ketones (excluding diaryl/α,β-unsaturated/α-hetero) is 1. The lowest BCUT2D eigenvalue weighted by Gasteiger charge is -2.39. The van der Waals surface area contributed by atoms with Crippen LogP contribution in [-0.4, -0.2) is 55.1 Å². The Balaban J connectivity index is 1.22. The van der Waals surface area contributed by atoms with Gasteiger partial charge in [0.25, 0.3) is 0 Å². The van der Waals surface area contributed by atoms with Crippen molar-refractivity contribution in [3.05, 3.63) is 53.3 Å². The molecule has 0 aromatic heterocycles. The number of thioether (sulfide) groups is 1. The van der Waals surface area contributed by atoms with Crippen LogP contribution in [0.1, 0.15) is 47.5 Å². The molecule has 3 heterocycles. The standard InChI is InChI=1S/C25H28FN3O2S/c26-17-7-8-19(21(14-17)27-16-30)23(31)5-2-10-28-12-9-22-20(15-28)18-4-1-6-24-25(18)29(22)11-3-13-32-24/h1,4,6-8,14,16,20,22H,2-3,5,9-13,15H2,(H,27,30)/t20?,22-/m0/s1. The van der Waals surface area contributed by atoms with Crippen LogP contribution in [0.25, 0.3) is 0 Å². The summed E-state index contributed by atoms with van der Waals surface area (Å²) >= 11 is 1.99. The molecule has 0 bridgehead atoms. The molecule has 2 aromatic rings. The lowest BCUT2D eigenvalue weighted by atomic mass is 9.89. The summed E-state index contributed by atoms with van der Waals surface area (Å²) in [5.41, 5.74) is 3.59. The number of halogens is 1. The van der Waals surface area contributed by atoms with Crippen molar-refractivity contribution < 1.29 is 14.0 Å². The normalized spacial score (nSPS) is 22.1. The molecule has 0 radical (unpaired) electrons. The van der Waals surface area contributed by atoms with E-state index in [1.165, 1.54) is 46.5 Å². The molecule has 1 fully saturated rings. The highest BCUT2D eigenvalue weighted by atomic mass is 32.2. The molecule has 32 heavy (non-hydrogen) atoms. The first-order valence-electron chi connectivity index (χ1n) is 11.4. The molecule has 2 atom stereocenters. The van der Waals surface area contributed by atoms with E-state index < -0.39 is 5.82 Å². The number of anilines is 2. The predicted octanol–water partition coefficient (Wildman–Crippen LogP) is 4.53. The van der Waals surface area contributed by atoms with Crippen LogP contribution in [-0.2, 0) is 4.79 Å². The number of amides is 1. The van der Waals surface area contributed by atoms with Crippen LogP contribution in [0, 0.1) is 5.82 Å². The Kier molecular flexibility index (Phi) is 6.20. The minimum Gasteiger partial charge on any atom is -0.367 e.